The maximum atomic E-state index is 12.5. The molecule has 0 radical (unpaired) electrons. The van der Waals surface area contributed by atoms with Gasteiger partial charge >= 0.3 is 0 Å². The van der Waals surface area contributed by atoms with Crippen LogP contribution in [0.3, 0.4) is 0 Å². The van der Waals surface area contributed by atoms with Crippen molar-refractivity contribution < 1.29 is 17.9 Å². The normalized spacial score (nSPS) is 15.0. The molecule has 0 unspecified atom stereocenters. The lowest BCUT2D eigenvalue weighted by molar-refractivity contribution is -0.118. The number of hydrogen-bond donors (Lipinski definition) is 1. The molecule has 0 aliphatic heterocycles. The molecule has 7 heteroatoms. The molecule has 0 aromatic heterocycles. The van der Waals surface area contributed by atoms with Crippen LogP contribution in [0.1, 0.15) is 25.7 Å². The first kappa shape index (κ1) is 18.7. The van der Waals surface area contributed by atoms with Gasteiger partial charge in [0.15, 0.2) is 16.4 Å². The predicted molar refractivity (Wildman–Crippen MR) is 101 cm³/mol. The van der Waals surface area contributed by atoms with E-state index < -0.39 is 9.84 Å². The molecule has 138 valence electrons. The van der Waals surface area contributed by atoms with Crippen LogP contribution in [0.5, 0.6) is 5.75 Å². The van der Waals surface area contributed by atoms with E-state index in [4.69, 9.17) is 16.3 Å². The Bertz CT molecular complexity index is 875. The Morgan fingerprint density at radius 1 is 1.08 bits per heavy atom. The van der Waals surface area contributed by atoms with E-state index in [9.17, 15) is 13.2 Å². The monoisotopic (exact) mass is 393 g/mol. The molecule has 5 nitrogen and oxygen atoms in total. The Kier molecular flexibility index (Phi) is 5.84. The quantitative estimate of drug-likeness (QED) is 0.802. The lowest BCUT2D eigenvalue weighted by atomic mass is 10.3. The number of hydrogen-bond acceptors (Lipinski definition) is 4. The molecule has 2 aromatic carbocycles. The Balaban J connectivity index is 1.58. The highest BCUT2D eigenvalue weighted by Gasteiger charge is 2.30. The topological polar surface area (TPSA) is 72.5 Å². The number of nitrogens with one attached hydrogen (secondary N) is 1. The molecule has 0 heterocycles. The molecule has 0 saturated heterocycles. The van der Waals surface area contributed by atoms with Crippen LogP contribution in [0, 0.1) is 0 Å². The minimum Gasteiger partial charge on any atom is -0.482 e. The van der Waals surface area contributed by atoms with E-state index in [-0.39, 0.29) is 17.8 Å². The SMILES string of the molecule is O=C(COc1ccccc1Cl)Nc1ccc(S(=O)(=O)C2CCCC2)cc1. The number of para-hydroxylation sites is 1. The second-order valence-electron chi connectivity index (χ2n) is 6.24. The molecule has 2 aromatic rings. The smallest absolute Gasteiger partial charge is 0.262 e. The molecular formula is C19H20ClNO4S. The summed E-state index contributed by atoms with van der Waals surface area (Å²) in [4.78, 5) is 12.3. The van der Waals surface area contributed by atoms with Crippen molar-refractivity contribution >= 4 is 33.0 Å². The summed E-state index contributed by atoms with van der Waals surface area (Å²) in [5.74, 6) is 0.0821. The van der Waals surface area contributed by atoms with E-state index in [1.54, 1.807) is 36.4 Å². The number of carbonyl (C=O) groups excluding carboxylic acids is 1. The highest BCUT2D eigenvalue weighted by Crippen LogP contribution is 2.30. The first-order valence-electron chi connectivity index (χ1n) is 8.48. The summed E-state index contributed by atoms with van der Waals surface area (Å²) < 4.78 is 30.5. The standard InChI is InChI=1S/C19H20ClNO4S/c20-17-7-3-4-8-18(17)25-13-19(22)21-14-9-11-16(12-10-14)26(23,24)15-5-1-2-6-15/h3-4,7-12,15H,1-2,5-6,13H2,(H,21,22). The number of amides is 1. The maximum absolute atomic E-state index is 12.5. The van der Waals surface area contributed by atoms with Gasteiger partial charge in [0.1, 0.15) is 5.75 Å². The van der Waals surface area contributed by atoms with Crippen molar-refractivity contribution in [3.8, 4) is 5.75 Å². The van der Waals surface area contributed by atoms with Crippen LogP contribution in [0.2, 0.25) is 5.02 Å². The zero-order valence-electron chi connectivity index (χ0n) is 14.2. The van der Waals surface area contributed by atoms with Crippen molar-refractivity contribution in [3.05, 3.63) is 53.6 Å². The van der Waals surface area contributed by atoms with Gasteiger partial charge in [0, 0.05) is 5.69 Å². The van der Waals surface area contributed by atoms with E-state index in [1.165, 1.54) is 12.1 Å². The van der Waals surface area contributed by atoms with Crippen LogP contribution in [0.15, 0.2) is 53.4 Å². The third-order valence-electron chi connectivity index (χ3n) is 4.40. The second kappa shape index (κ2) is 8.10. The molecule has 3 rings (SSSR count). The molecule has 0 spiro atoms. The number of benzene rings is 2. The average molecular weight is 394 g/mol. The number of sulfone groups is 1. The lowest BCUT2D eigenvalue weighted by Gasteiger charge is -2.12. The number of carbonyl (C=O) groups is 1. The Hall–Kier alpha value is -2.05. The van der Waals surface area contributed by atoms with Crippen molar-refractivity contribution in [3.63, 3.8) is 0 Å². The fraction of sp³-hybridized carbons (Fsp3) is 0.316. The second-order valence-corrected chi connectivity index (χ2v) is 8.88. The summed E-state index contributed by atoms with van der Waals surface area (Å²) in [5.41, 5.74) is 0.517. The molecule has 26 heavy (non-hydrogen) atoms. The van der Waals surface area contributed by atoms with Crippen molar-refractivity contribution in [2.24, 2.45) is 0 Å². The van der Waals surface area contributed by atoms with Crippen LogP contribution in [-0.2, 0) is 14.6 Å². The molecule has 1 fully saturated rings. The highest BCUT2D eigenvalue weighted by molar-refractivity contribution is 7.92. The third kappa shape index (κ3) is 4.37. The lowest BCUT2D eigenvalue weighted by Crippen LogP contribution is -2.20. The first-order chi connectivity index (χ1) is 12.5. The zero-order chi connectivity index (χ0) is 18.6. The minimum absolute atomic E-state index is 0.189. The van der Waals surface area contributed by atoms with Gasteiger partial charge in [-0.15, -0.1) is 0 Å². The van der Waals surface area contributed by atoms with Crippen molar-refractivity contribution in [1.29, 1.82) is 0 Å². The van der Waals surface area contributed by atoms with Crippen LogP contribution in [0.25, 0.3) is 0 Å². The Morgan fingerprint density at radius 3 is 2.38 bits per heavy atom. The third-order valence-corrected chi connectivity index (χ3v) is 6.99. The molecule has 1 aliphatic carbocycles. The zero-order valence-corrected chi connectivity index (χ0v) is 15.7. The van der Waals surface area contributed by atoms with Crippen molar-refractivity contribution in [2.75, 3.05) is 11.9 Å². The van der Waals surface area contributed by atoms with E-state index in [0.717, 1.165) is 25.7 Å². The summed E-state index contributed by atoms with van der Waals surface area (Å²) in [6.45, 7) is -0.189. The fourth-order valence-electron chi connectivity index (χ4n) is 3.02. The van der Waals surface area contributed by atoms with Gasteiger partial charge in [0.2, 0.25) is 0 Å². The number of halogens is 1. The molecule has 0 atom stereocenters. The Morgan fingerprint density at radius 2 is 1.73 bits per heavy atom. The summed E-state index contributed by atoms with van der Waals surface area (Å²) in [6, 6.07) is 13.2. The Labute approximate surface area is 158 Å². The van der Waals surface area contributed by atoms with Gasteiger partial charge in [-0.05, 0) is 49.2 Å². The summed E-state index contributed by atoms with van der Waals surface area (Å²) in [6.07, 6.45) is 3.37. The molecule has 1 aliphatic rings. The molecule has 0 bridgehead atoms. The summed E-state index contributed by atoms with van der Waals surface area (Å²) >= 11 is 5.97. The fourth-order valence-corrected chi connectivity index (χ4v) is 5.07. The highest BCUT2D eigenvalue weighted by atomic mass is 35.5. The van der Waals surface area contributed by atoms with Crippen LogP contribution in [-0.4, -0.2) is 26.2 Å². The van der Waals surface area contributed by atoms with Gasteiger partial charge in [-0.1, -0.05) is 36.6 Å². The number of ether oxygens (including phenoxy) is 1. The first-order valence-corrected chi connectivity index (χ1v) is 10.4. The maximum Gasteiger partial charge on any atom is 0.262 e. The van der Waals surface area contributed by atoms with Crippen molar-refractivity contribution in [2.45, 2.75) is 35.8 Å². The van der Waals surface area contributed by atoms with Gasteiger partial charge in [-0.2, -0.15) is 0 Å². The van der Waals surface area contributed by atoms with Crippen molar-refractivity contribution in [1.82, 2.24) is 0 Å². The van der Waals surface area contributed by atoms with Crippen LogP contribution in [0.4, 0.5) is 5.69 Å². The molecular weight excluding hydrogens is 374 g/mol. The van der Waals surface area contributed by atoms with E-state index in [0.29, 0.717) is 21.4 Å². The van der Waals surface area contributed by atoms with E-state index in [2.05, 4.69) is 5.32 Å². The van der Waals surface area contributed by atoms with Gasteiger partial charge in [-0.25, -0.2) is 8.42 Å². The predicted octanol–water partition coefficient (Wildman–Crippen LogP) is 4.07. The van der Waals surface area contributed by atoms with Crippen LogP contribution < -0.4 is 10.1 Å². The average Bonchev–Trinajstić information content (AvgIpc) is 3.17. The van der Waals surface area contributed by atoms with Gasteiger partial charge < -0.3 is 10.1 Å². The summed E-state index contributed by atoms with van der Waals surface area (Å²) in [7, 11) is -3.29. The molecule has 1 amide bonds. The van der Waals surface area contributed by atoms with Gasteiger partial charge in [0.25, 0.3) is 5.91 Å². The number of anilines is 1. The largest absolute Gasteiger partial charge is 0.482 e. The minimum atomic E-state index is -3.29. The number of rotatable bonds is 6. The van der Waals surface area contributed by atoms with Gasteiger partial charge in [0.05, 0.1) is 15.2 Å². The van der Waals surface area contributed by atoms with E-state index >= 15 is 0 Å². The summed E-state index contributed by atoms with van der Waals surface area (Å²) in [5, 5.41) is 2.82. The van der Waals surface area contributed by atoms with Gasteiger partial charge in [-0.3, -0.25) is 4.79 Å². The molecule has 1 saturated carbocycles. The van der Waals surface area contributed by atoms with Crippen LogP contribution >= 0.6 is 11.6 Å². The molecule has 1 N–H and O–H groups in total. The van der Waals surface area contributed by atoms with E-state index in [1.807, 2.05) is 0 Å².